The summed E-state index contributed by atoms with van der Waals surface area (Å²) >= 11 is 0. The second kappa shape index (κ2) is 9.05. The molecule has 0 aliphatic carbocycles. The summed E-state index contributed by atoms with van der Waals surface area (Å²) in [4.78, 5) is 24.8. The third-order valence-corrected chi connectivity index (χ3v) is 4.36. The van der Waals surface area contributed by atoms with Gasteiger partial charge in [-0.2, -0.15) is 5.10 Å². The number of carbonyl (C=O) groups excluding carboxylic acids is 2. The van der Waals surface area contributed by atoms with Crippen molar-refractivity contribution in [1.29, 1.82) is 0 Å². The van der Waals surface area contributed by atoms with Crippen LogP contribution in [0.5, 0.6) is 5.75 Å². The molecule has 0 unspecified atom stereocenters. The van der Waals surface area contributed by atoms with Crippen molar-refractivity contribution in [3.8, 4) is 11.4 Å². The number of benzene rings is 2. The van der Waals surface area contributed by atoms with Crippen LogP contribution >= 0.6 is 0 Å². The number of nitrogens with zero attached hydrogens (tertiary/aromatic N) is 2. The molecular formula is C22H23N3O4. The highest BCUT2D eigenvalue weighted by Crippen LogP contribution is 2.20. The van der Waals surface area contributed by atoms with E-state index in [-0.39, 0.29) is 17.4 Å². The highest BCUT2D eigenvalue weighted by molar-refractivity contribution is 5.92. The minimum absolute atomic E-state index is 0.00883. The Morgan fingerprint density at radius 2 is 1.79 bits per heavy atom. The van der Waals surface area contributed by atoms with Gasteiger partial charge in [0, 0.05) is 6.54 Å². The van der Waals surface area contributed by atoms with E-state index in [1.54, 1.807) is 6.20 Å². The predicted molar refractivity (Wildman–Crippen MR) is 108 cm³/mol. The summed E-state index contributed by atoms with van der Waals surface area (Å²) in [6.45, 7) is 3.87. The predicted octanol–water partition coefficient (Wildman–Crippen LogP) is 3.05. The number of carbonyl (C=O) groups is 2. The molecule has 0 bridgehead atoms. The number of rotatable bonds is 7. The van der Waals surface area contributed by atoms with Crippen molar-refractivity contribution in [2.24, 2.45) is 0 Å². The lowest BCUT2D eigenvalue weighted by molar-refractivity contribution is -0.129. The summed E-state index contributed by atoms with van der Waals surface area (Å²) in [5, 5.41) is 7.01. The maximum Gasteiger partial charge on any atom is 0.363 e. The molecule has 7 nitrogen and oxygen atoms in total. The molecule has 1 amide bonds. The number of aromatic nitrogens is 2. The van der Waals surface area contributed by atoms with Gasteiger partial charge in [0.15, 0.2) is 11.9 Å². The largest absolute Gasteiger partial charge is 0.493 e. The van der Waals surface area contributed by atoms with Crippen LogP contribution in [0.3, 0.4) is 0 Å². The van der Waals surface area contributed by atoms with Gasteiger partial charge in [-0.15, -0.1) is 0 Å². The summed E-state index contributed by atoms with van der Waals surface area (Å²) in [7, 11) is 1.45. The number of para-hydroxylation sites is 1. The van der Waals surface area contributed by atoms with Crippen molar-refractivity contribution in [1.82, 2.24) is 15.1 Å². The molecule has 0 spiro atoms. The first-order valence-electron chi connectivity index (χ1n) is 9.21. The zero-order valence-electron chi connectivity index (χ0n) is 16.6. The highest BCUT2D eigenvalue weighted by Gasteiger charge is 2.24. The van der Waals surface area contributed by atoms with Gasteiger partial charge in [0.2, 0.25) is 5.69 Å². The second-order valence-electron chi connectivity index (χ2n) is 6.58. The van der Waals surface area contributed by atoms with Gasteiger partial charge < -0.3 is 14.8 Å². The van der Waals surface area contributed by atoms with Crippen LogP contribution in [0.1, 0.15) is 28.5 Å². The molecule has 3 rings (SSSR count). The lowest BCUT2D eigenvalue weighted by Gasteiger charge is -2.13. The first-order chi connectivity index (χ1) is 14.0. The summed E-state index contributed by atoms with van der Waals surface area (Å²) in [5.74, 6) is -0.846. The summed E-state index contributed by atoms with van der Waals surface area (Å²) in [6, 6.07) is 17.1. The molecule has 7 heteroatoms. The number of nitrogens with one attached hydrogen (secondary N) is 1. The fourth-order valence-corrected chi connectivity index (χ4v) is 2.67. The number of esters is 1. The van der Waals surface area contributed by atoms with Crippen LogP contribution < -0.4 is 10.1 Å². The molecule has 1 N–H and O–H groups in total. The van der Waals surface area contributed by atoms with E-state index in [2.05, 4.69) is 10.4 Å². The molecule has 0 saturated heterocycles. The van der Waals surface area contributed by atoms with Gasteiger partial charge in [-0.25, -0.2) is 9.48 Å². The molecule has 1 aromatic heterocycles. The third-order valence-electron chi connectivity index (χ3n) is 4.36. The zero-order chi connectivity index (χ0) is 20.8. The van der Waals surface area contributed by atoms with Crippen molar-refractivity contribution < 1.29 is 19.1 Å². The van der Waals surface area contributed by atoms with Crippen molar-refractivity contribution in [3.63, 3.8) is 0 Å². The Morgan fingerprint density at radius 1 is 1.10 bits per heavy atom. The van der Waals surface area contributed by atoms with Gasteiger partial charge >= 0.3 is 5.97 Å². The fraction of sp³-hybridized carbons (Fsp3) is 0.227. The van der Waals surface area contributed by atoms with Gasteiger partial charge in [0.1, 0.15) is 0 Å². The van der Waals surface area contributed by atoms with Gasteiger partial charge in [-0.1, -0.05) is 48.0 Å². The van der Waals surface area contributed by atoms with E-state index >= 15 is 0 Å². The number of ether oxygens (including phenoxy) is 2. The molecule has 1 atom stereocenters. The standard InChI is InChI=1S/C22H23N3O4/c1-15-9-11-17(12-10-15)13-23-21(26)16(2)29-22(27)20-19(28-3)14-25(24-20)18-7-5-4-6-8-18/h4-12,14,16H,13H2,1-3H3,(H,23,26)/t16-/m1/s1. The normalized spacial score (nSPS) is 11.6. The molecule has 150 valence electrons. The summed E-state index contributed by atoms with van der Waals surface area (Å²) in [5.41, 5.74) is 2.89. The van der Waals surface area contributed by atoms with Crippen LogP contribution in [0, 0.1) is 6.92 Å². The van der Waals surface area contributed by atoms with Gasteiger partial charge in [0.25, 0.3) is 5.91 Å². The second-order valence-corrected chi connectivity index (χ2v) is 6.58. The number of hydrogen-bond donors (Lipinski definition) is 1. The Hall–Kier alpha value is -3.61. The van der Waals surface area contributed by atoms with E-state index in [9.17, 15) is 9.59 Å². The lowest BCUT2D eigenvalue weighted by atomic mass is 10.1. The van der Waals surface area contributed by atoms with Crippen molar-refractivity contribution in [2.75, 3.05) is 7.11 Å². The quantitative estimate of drug-likeness (QED) is 0.624. The molecule has 0 saturated carbocycles. The van der Waals surface area contributed by atoms with Gasteiger partial charge in [0.05, 0.1) is 19.0 Å². The molecular weight excluding hydrogens is 370 g/mol. The Kier molecular flexibility index (Phi) is 6.29. The number of methoxy groups -OCH3 is 1. The van der Waals surface area contributed by atoms with Crippen LogP contribution in [-0.4, -0.2) is 34.9 Å². The van der Waals surface area contributed by atoms with Crippen LogP contribution in [-0.2, 0) is 16.1 Å². The molecule has 1 heterocycles. The molecule has 0 fully saturated rings. The minimum atomic E-state index is -0.973. The molecule has 29 heavy (non-hydrogen) atoms. The Morgan fingerprint density at radius 3 is 2.45 bits per heavy atom. The van der Waals surface area contributed by atoms with Crippen LogP contribution in [0.4, 0.5) is 0 Å². The van der Waals surface area contributed by atoms with E-state index in [4.69, 9.17) is 9.47 Å². The van der Waals surface area contributed by atoms with Crippen LogP contribution in [0.2, 0.25) is 0 Å². The van der Waals surface area contributed by atoms with E-state index in [1.807, 2.05) is 61.5 Å². The van der Waals surface area contributed by atoms with Gasteiger partial charge in [-0.3, -0.25) is 4.79 Å². The van der Waals surface area contributed by atoms with Crippen molar-refractivity contribution in [2.45, 2.75) is 26.5 Å². The molecule has 0 aliphatic heterocycles. The molecule has 0 aliphatic rings. The Balaban J connectivity index is 1.63. The molecule has 0 radical (unpaired) electrons. The fourth-order valence-electron chi connectivity index (χ4n) is 2.67. The van der Waals surface area contributed by atoms with Gasteiger partial charge in [-0.05, 0) is 31.5 Å². The summed E-state index contributed by atoms with van der Waals surface area (Å²) < 4.78 is 12.1. The molecule has 3 aromatic rings. The Bertz CT molecular complexity index is 981. The van der Waals surface area contributed by atoms with Crippen molar-refractivity contribution >= 4 is 11.9 Å². The number of hydrogen-bond acceptors (Lipinski definition) is 5. The third kappa shape index (κ3) is 5.01. The van der Waals surface area contributed by atoms with Crippen molar-refractivity contribution in [3.05, 3.63) is 77.6 Å². The average Bonchev–Trinajstić information content (AvgIpc) is 3.18. The smallest absolute Gasteiger partial charge is 0.363 e. The maximum absolute atomic E-state index is 12.5. The van der Waals surface area contributed by atoms with Crippen LogP contribution in [0.25, 0.3) is 5.69 Å². The zero-order valence-corrected chi connectivity index (χ0v) is 16.6. The van der Waals surface area contributed by atoms with E-state index < -0.39 is 12.1 Å². The number of aryl methyl sites for hydroxylation is 1. The average molecular weight is 393 g/mol. The minimum Gasteiger partial charge on any atom is -0.493 e. The Labute approximate surface area is 169 Å². The van der Waals surface area contributed by atoms with E-state index in [1.165, 1.54) is 18.7 Å². The number of amides is 1. The van der Waals surface area contributed by atoms with E-state index in [0.717, 1.165) is 16.8 Å². The summed E-state index contributed by atoms with van der Waals surface area (Å²) in [6.07, 6.45) is 0.619. The first-order valence-corrected chi connectivity index (χ1v) is 9.21. The first kappa shape index (κ1) is 20.1. The molecule has 2 aromatic carbocycles. The SMILES string of the molecule is COc1cn(-c2ccccc2)nc1C(=O)O[C@H](C)C(=O)NCc1ccc(C)cc1. The van der Waals surface area contributed by atoms with E-state index in [0.29, 0.717) is 6.54 Å². The highest BCUT2D eigenvalue weighted by atomic mass is 16.6. The maximum atomic E-state index is 12.5. The lowest BCUT2D eigenvalue weighted by Crippen LogP contribution is -2.35. The van der Waals surface area contributed by atoms with Crippen LogP contribution in [0.15, 0.2) is 60.8 Å². The topological polar surface area (TPSA) is 82.5 Å². The monoisotopic (exact) mass is 393 g/mol.